The van der Waals surface area contributed by atoms with E-state index in [1.165, 1.54) is 5.56 Å². The molecule has 7 heteroatoms. The summed E-state index contributed by atoms with van der Waals surface area (Å²) in [5.74, 6) is 1.61. The summed E-state index contributed by atoms with van der Waals surface area (Å²) in [5, 5.41) is 8.49. The summed E-state index contributed by atoms with van der Waals surface area (Å²) < 4.78 is 6.98. The van der Waals surface area contributed by atoms with E-state index in [9.17, 15) is 4.79 Å². The Bertz CT molecular complexity index is 764. The van der Waals surface area contributed by atoms with Crippen LogP contribution in [-0.2, 0) is 18.3 Å². The molecule has 136 valence electrons. The first-order valence-corrected chi connectivity index (χ1v) is 8.95. The SMILES string of the molecule is Cc1nc([C@H]2CCCN(C(=O)[C@H](C)Cc3c(C)nn(C)c3C)C2)no1. The molecule has 2 aromatic rings. The predicted octanol–water partition coefficient (Wildman–Crippen LogP) is 2.31. The molecule has 2 atom stereocenters. The Labute approximate surface area is 148 Å². The number of nitrogens with zero attached hydrogens (tertiary/aromatic N) is 5. The first-order chi connectivity index (χ1) is 11.9. The smallest absolute Gasteiger partial charge is 0.225 e. The maximum absolute atomic E-state index is 12.9. The van der Waals surface area contributed by atoms with E-state index in [2.05, 4.69) is 22.2 Å². The lowest BCUT2D eigenvalue weighted by molar-refractivity contribution is -0.136. The van der Waals surface area contributed by atoms with Gasteiger partial charge in [-0.25, -0.2) is 0 Å². The van der Waals surface area contributed by atoms with Gasteiger partial charge in [0.2, 0.25) is 11.8 Å². The molecule has 3 heterocycles. The number of hydrogen-bond donors (Lipinski definition) is 0. The zero-order valence-electron chi connectivity index (χ0n) is 15.7. The molecular weight excluding hydrogens is 318 g/mol. The third kappa shape index (κ3) is 3.60. The van der Waals surface area contributed by atoms with E-state index in [1.54, 1.807) is 6.92 Å². The van der Waals surface area contributed by atoms with E-state index in [1.807, 2.05) is 30.5 Å². The fraction of sp³-hybridized carbons (Fsp3) is 0.667. The third-order valence-electron chi connectivity index (χ3n) is 5.23. The van der Waals surface area contributed by atoms with Gasteiger partial charge in [0.1, 0.15) is 0 Å². The Hall–Kier alpha value is -2.18. The van der Waals surface area contributed by atoms with E-state index >= 15 is 0 Å². The number of hydrogen-bond acceptors (Lipinski definition) is 5. The number of amides is 1. The van der Waals surface area contributed by atoms with Gasteiger partial charge in [0.25, 0.3) is 0 Å². The Kier molecular flexibility index (Phi) is 4.92. The van der Waals surface area contributed by atoms with E-state index in [0.717, 1.165) is 43.0 Å². The second-order valence-corrected chi connectivity index (χ2v) is 7.17. The van der Waals surface area contributed by atoms with Crippen molar-refractivity contribution in [3.05, 3.63) is 28.7 Å². The van der Waals surface area contributed by atoms with Gasteiger partial charge in [-0.05, 0) is 38.7 Å². The molecular formula is C18H27N5O2. The topological polar surface area (TPSA) is 77.1 Å². The zero-order chi connectivity index (χ0) is 18.1. The van der Waals surface area contributed by atoms with Gasteiger partial charge in [-0.3, -0.25) is 9.48 Å². The normalized spacial score (nSPS) is 19.2. The van der Waals surface area contributed by atoms with Crippen molar-refractivity contribution in [1.82, 2.24) is 24.8 Å². The minimum Gasteiger partial charge on any atom is -0.342 e. The molecule has 0 unspecified atom stereocenters. The van der Waals surface area contributed by atoms with Crippen molar-refractivity contribution in [1.29, 1.82) is 0 Å². The van der Waals surface area contributed by atoms with Gasteiger partial charge in [0.05, 0.1) is 5.69 Å². The summed E-state index contributed by atoms with van der Waals surface area (Å²) in [6.45, 7) is 9.35. The number of piperidine rings is 1. The number of aromatic nitrogens is 4. The van der Waals surface area contributed by atoms with E-state index < -0.39 is 0 Å². The molecule has 1 amide bonds. The largest absolute Gasteiger partial charge is 0.342 e. The predicted molar refractivity (Wildman–Crippen MR) is 93.1 cm³/mol. The van der Waals surface area contributed by atoms with Gasteiger partial charge in [-0.15, -0.1) is 0 Å². The Morgan fingerprint density at radius 3 is 2.72 bits per heavy atom. The average Bonchev–Trinajstić information content (AvgIpc) is 3.13. The van der Waals surface area contributed by atoms with Crippen LogP contribution >= 0.6 is 0 Å². The molecule has 3 rings (SSSR count). The Balaban J connectivity index is 1.67. The second kappa shape index (κ2) is 6.98. The summed E-state index contributed by atoms with van der Waals surface area (Å²) in [6.07, 6.45) is 2.70. The minimum absolute atomic E-state index is 0.0626. The van der Waals surface area contributed by atoms with Gasteiger partial charge >= 0.3 is 0 Å². The van der Waals surface area contributed by atoms with Crippen molar-refractivity contribution < 1.29 is 9.32 Å². The highest BCUT2D eigenvalue weighted by Gasteiger charge is 2.30. The summed E-state index contributed by atoms with van der Waals surface area (Å²) in [7, 11) is 1.94. The van der Waals surface area contributed by atoms with Crippen LogP contribution in [0.25, 0.3) is 0 Å². The zero-order valence-corrected chi connectivity index (χ0v) is 15.7. The number of carbonyl (C=O) groups excluding carboxylic acids is 1. The Morgan fingerprint density at radius 1 is 1.36 bits per heavy atom. The van der Waals surface area contributed by atoms with Crippen molar-refractivity contribution >= 4 is 5.91 Å². The molecule has 0 spiro atoms. The van der Waals surface area contributed by atoms with Crippen LogP contribution in [0.2, 0.25) is 0 Å². The van der Waals surface area contributed by atoms with Gasteiger partial charge in [0.15, 0.2) is 5.82 Å². The first-order valence-electron chi connectivity index (χ1n) is 8.95. The monoisotopic (exact) mass is 345 g/mol. The van der Waals surface area contributed by atoms with Gasteiger partial charge < -0.3 is 9.42 Å². The fourth-order valence-corrected chi connectivity index (χ4v) is 3.69. The molecule has 1 aliphatic heterocycles. The molecule has 0 radical (unpaired) electrons. The van der Waals surface area contributed by atoms with E-state index in [0.29, 0.717) is 12.4 Å². The molecule has 1 aliphatic rings. The molecule has 1 fully saturated rings. The summed E-state index contributed by atoms with van der Waals surface area (Å²) >= 11 is 0. The van der Waals surface area contributed by atoms with Gasteiger partial charge in [0, 0.05) is 44.6 Å². The number of rotatable bonds is 4. The summed E-state index contributed by atoms with van der Waals surface area (Å²) in [4.78, 5) is 19.3. The maximum atomic E-state index is 12.9. The van der Waals surface area contributed by atoms with Crippen molar-refractivity contribution in [3.8, 4) is 0 Å². The third-order valence-corrected chi connectivity index (χ3v) is 5.23. The molecule has 0 N–H and O–H groups in total. The lowest BCUT2D eigenvalue weighted by Crippen LogP contribution is -2.42. The van der Waals surface area contributed by atoms with E-state index in [4.69, 9.17) is 4.52 Å². The van der Waals surface area contributed by atoms with Crippen LogP contribution in [0.3, 0.4) is 0 Å². The number of aryl methyl sites for hydroxylation is 3. The van der Waals surface area contributed by atoms with Crippen LogP contribution in [0, 0.1) is 26.7 Å². The van der Waals surface area contributed by atoms with Crippen LogP contribution in [0.1, 0.15) is 54.3 Å². The van der Waals surface area contributed by atoms with Crippen LogP contribution < -0.4 is 0 Å². The maximum Gasteiger partial charge on any atom is 0.225 e. The second-order valence-electron chi connectivity index (χ2n) is 7.17. The van der Waals surface area contributed by atoms with Crippen molar-refractivity contribution in [3.63, 3.8) is 0 Å². The molecule has 0 aromatic carbocycles. The molecule has 7 nitrogen and oxygen atoms in total. The van der Waals surface area contributed by atoms with Crippen molar-refractivity contribution in [2.45, 2.75) is 52.9 Å². The lowest BCUT2D eigenvalue weighted by Gasteiger charge is -2.33. The standard InChI is InChI=1S/C18H27N5O2/c1-11(9-16-12(2)20-22(5)13(16)3)18(24)23-8-6-7-15(10-23)17-19-14(4)25-21-17/h11,15H,6-10H2,1-5H3/t11-,15+/m1/s1. The van der Waals surface area contributed by atoms with Crippen molar-refractivity contribution in [2.75, 3.05) is 13.1 Å². The van der Waals surface area contributed by atoms with Crippen LogP contribution in [0.15, 0.2) is 4.52 Å². The van der Waals surface area contributed by atoms with Crippen LogP contribution in [-0.4, -0.2) is 43.8 Å². The molecule has 0 aliphatic carbocycles. The highest BCUT2D eigenvalue weighted by molar-refractivity contribution is 5.79. The molecule has 25 heavy (non-hydrogen) atoms. The molecule has 1 saturated heterocycles. The summed E-state index contributed by atoms with van der Waals surface area (Å²) in [6, 6.07) is 0. The quantitative estimate of drug-likeness (QED) is 0.850. The highest BCUT2D eigenvalue weighted by Crippen LogP contribution is 2.27. The Morgan fingerprint density at radius 2 is 2.12 bits per heavy atom. The first kappa shape index (κ1) is 17.6. The minimum atomic E-state index is -0.0626. The van der Waals surface area contributed by atoms with E-state index in [-0.39, 0.29) is 17.7 Å². The fourth-order valence-electron chi connectivity index (χ4n) is 3.69. The van der Waals surface area contributed by atoms with Gasteiger partial charge in [-0.2, -0.15) is 10.1 Å². The molecule has 0 saturated carbocycles. The lowest BCUT2D eigenvalue weighted by atomic mass is 9.94. The molecule has 0 bridgehead atoms. The van der Waals surface area contributed by atoms with Crippen LogP contribution in [0.5, 0.6) is 0 Å². The van der Waals surface area contributed by atoms with Crippen molar-refractivity contribution in [2.24, 2.45) is 13.0 Å². The summed E-state index contributed by atoms with van der Waals surface area (Å²) in [5.41, 5.74) is 3.33. The molecule has 2 aromatic heterocycles. The van der Waals surface area contributed by atoms with Crippen LogP contribution in [0.4, 0.5) is 0 Å². The number of carbonyl (C=O) groups is 1. The number of likely N-dealkylation sites (tertiary alicyclic amines) is 1. The average molecular weight is 345 g/mol. The highest BCUT2D eigenvalue weighted by atomic mass is 16.5. The van der Waals surface area contributed by atoms with Gasteiger partial charge in [-0.1, -0.05) is 12.1 Å².